The average molecular weight is 269 g/mol. The molecule has 2 atom stereocenters. The second-order valence-electron chi connectivity index (χ2n) is 6.78. The molecule has 2 aliphatic rings. The van der Waals surface area contributed by atoms with E-state index in [1.54, 1.807) is 0 Å². The zero-order valence-electron chi connectivity index (χ0n) is 11.8. The zero-order valence-corrected chi connectivity index (χ0v) is 11.8. The fourth-order valence-corrected chi connectivity index (χ4v) is 3.41. The van der Waals surface area contributed by atoms with Crippen LogP contribution in [-0.2, 0) is 9.53 Å². The Morgan fingerprint density at radius 3 is 2.11 bits per heavy atom. The summed E-state index contributed by atoms with van der Waals surface area (Å²) in [5, 5.41) is 12.1. The Morgan fingerprint density at radius 1 is 1.16 bits per heavy atom. The highest BCUT2D eigenvalue weighted by Gasteiger charge is 2.45. The molecule has 5 heteroatoms. The van der Waals surface area contributed by atoms with Crippen LogP contribution in [0.25, 0.3) is 0 Å². The van der Waals surface area contributed by atoms with Gasteiger partial charge in [-0.25, -0.2) is 4.79 Å². The number of fused-ring (bicyclic) bond motifs is 2. The van der Waals surface area contributed by atoms with E-state index >= 15 is 0 Å². The summed E-state index contributed by atoms with van der Waals surface area (Å²) >= 11 is 0. The van der Waals surface area contributed by atoms with Crippen molar-refractivity contribution >= 4 is 12.1 Å². The highest BCUT2D eigenvalue weighted by molar-refractivity contribution is 5.71. The molecule has 0 radical (unpaired) electrons. The molecule has 2 fully saturated rings. The molecule has 0 aromatic heterocycles. The maximum Gasteiger partial charge on any atom is 0.407 e. The fourth-order valence-electron chi connectivity index (χ4n) is 3.41. The molecule has 0 heterocycles. The van der Waals surface area contributed by atoms with Crippen molar-refractivity contribution in [2.75, 3.05) is 0 Å². The quantitative estimate of drug-likeness (QED) is 0.807. The van der Waals surface area contributed by atoms with E-state index in [1.807, 2.05) is 20.8 Å². The van der Waals surface area contributed by atoms with Crippen LogP contribution in [0.15, 0.2) is 0 Å². The summed E-state index contributed by atoms with van der Waals surface area (Å²) in [4.78, 5) is 22.9. The first-order valence-electron chi connectivity index (χ1n) is 6.98. The molecular weight excluding hydrogens is 246 g/mol. The molecule has 19 heavy (non-hydrogen) atoms. The second kappa shape index (κ2) is 5.02. The third-order valence-electron chi connectivity index (χ3n) is 4.13. The van der Waals surface area contributed by atoms with Crippen LogP contribution in [0.2, 0.25) is 0 Å². The number of carboxylic acid groups (broad SMARTS) is 1. The van der Waals surface area contributed by atoms with Gasteiger partial charge in [-0.15, -0.1) is 0 Å². The van der Waals surface area contributed by atoms with Crippen LogP contribution < -0.4 is 5.32 Å². The SMILES string of the molecule is CC(C)(C)OC(=O)NC1C2CCC1CC(C(=O)O)C2. The van der Waals surface area contributed by atoms with Crippen LogP contribution in [0.5, 0.6) is 0 Å². The molecule has 0 aromatic rings. The predicted molar refractivity (Wildman–Crippen MR) is 69.7 cm³/mol. The smallest absolute Gasteiger partial charge is 0.407 e. The molecule has 0 spiro atoms. The molecule has 1 amide bonds. The van der Waals surface area contributed by atoms with Crippen LogP contribution in [0.1, 0.15) is 46.5 Å². The number of ether oxygens (including phenoxy) is 1. The first kappa shape index (κ1) is 14.2. The van der Waals surface area contributed by atoms with Gasteiger partial charge in [-0.1, -0.05) is 0 Å². The Kier molecular flexibility index (Phi) is 3.74. The molecular formula is C14H23NO4. The van der Waals surface area contributed by atoms with Crippen molar-refractivity contribution in [3.8, 4) is 0 Å². The number of amides is 1. The van der Waals surface area contributed by atoms with Crippen molar-refractivity contribution in [3.63, 3.8) is 0 Å². The minimum atomic E-state index is -0.701. The van der Waals surface area contributed by atoms with E-state index in [4.69, 9.17) is 9.84 Å². The van der Waals surface area contributed by atoms with Gasteiger partial charge in [-0.05, 0) is 58.3 Å². The lowest BCUT2D eigenvalue weighted by Gasteiger charge is -2.34. The third kappa shape index (κ3) is 3.39. The van der Waals surface area contributed by atoms with Crippen LogP contribution in [-0.4, -0.2) is 28.8 Å². The highest BCUT2D eigenvalue weighted by Crippen LogP contribution is 2.45. The first-order chi connectivity index (χ1) is 8.76. The van der Waals surface area contributed by atoms with E-state index in [2.05, 4.69) is 5.32 Å². The number of rotatable bonds is 2. The van der Waals surface area contributed by atoms with Crippen LogP contribution in [0.3, 0.4) is 0 Å². The Balaban J connectivity index is 1.93. The largest absolute Gasteiger partial charge is 0.481 e. The van der Waals surface area contributed by atoms with Gasteiger partial charge in [0.25, 0.3) is 0 Å². The molecule has 2 bridgehead atoms. The van der Waals surface area contributed by atoms with E-state index < -0.39 is 11.6 Å². The lowest BCUT2D eigenvalue weighted by Crippen LogP contribution is -2.47. The van der Waals surface area contributed by atoms with Crippen LogP contribution in [0, 0.1) is 17.8 Å². The molecule has 2 unspecified atom stereocenters. The van der Waals surface area contributed by atoms with Crippen molar-refractivity contribution in [1.29, 1.82) is 0 Å². The molecule has 108 valence electrons. The molecule has 2 N–H and O–H groups in total. The standard InChI is InChI=1S/C14H23NO4/c1-14(2,3)19-13(18)15-11-8-4-5-9(11)7-10(6-8)12(16)17/h8-11H,4-7H2,1-3H3,(H,15,18)(H,16,17). The van der Waals surface area contributed by atoms with E-state index in [0.29, 0.717) is 12.8 Å². The van der Waals surface area contributed by atoms with Gasteiger partial charge in [-0.3, -0.25) is 4.79 Å². The number of carbonyl (C=O) groups excluding carboxylic acids is 1. The fraction of sp³-hybridized carbons (Fsp3) is 0.857. The predicted octanol–water partition coefficient (Wildman–Crippen LogP) is 2.40. The van der Waals surface area contributed by atoms with Crippen molar-refractivity contribution in [1.82, 2.24) is 5.32 Å². The van der Waals surface area contributed by atoms with Gasteiger partial charge < -0.3 is 15.2 Å². The summed E-state index contributed by atoms with van der Waals surface area (Å²) < 4.78 is 5.27. The average Bonchev–Trinajstić information content (AvgIpc) is 2.48. The van der Waals surface area contributed by atoms with Gasteiger partial charge in [0.1, 0.15) is 5.60 Å². The van der Waals surface area contributed by atoms with Gasteiger partial charge in [0, 0.05) is 6.04 Å². The van der Waals surface area contributed by atoms with Gasteiger partial charge in [0.05, 0.1) is 5.92 Å². The molecule has 2 rings (SSSR count). The Bertz CT molecular complexity index is 360. The summed E-state index contributed by atoms with van der Waals surface area (Å²) in [6.07, 6.45) is 2.98. The van der Waals surface area contributed by atoms with Crippen molar-refractivity contribution in [3.05, 3.63) is 0 Å². The number of hydrogen-bond acceptors (Lipinski definition) is 3. The second-order valence-corrected chi connectivity index (χ2v) is 6.78. The molecule has 2 aliphatic carbocycles. The van der Waals surface area contributed by atoms with Gasteiger partial charge in [0.15, 0.2) is 0 Å². The highest BCUT2D eigenvalue weighted by atomic mass is 16.6. The minimum Gasteiger partial charge on any atom is -0.481 e. The topological polar surface area (TPSA) is 75.6 Å². The molecule has 2 saturated carbocycles. The molecule has 0 saturated heterocycles. The van der Waals surface area contributed by atoms with Gasteiger partial charge in [-0.2, -0.15) is 0 Å². The van der Waals surface area contributed by atoms with E-state index in [1.165, 1.54) is 0 Å². The molecule has 0 aliphatic heterocycles. The number of alkyl carbamates (subject to hydrolysis) is 1. The Labute approximate surface area is 113 Å². The summed E-state index contributed by atoms with van der Waals surface area (Å²) in [6, 6.07) is 0.0884. The van der Waals surface area contributed by atoms with E-state index in [-0.39, 0.29) is 29.9 Å². The lowest BCUT2D eigenvalue weighted by atomic mass is 9.77. The zero-order chi connectivity index (χ0) is 14.2. The number of hydrogen-bond donors (Lipinski definition) is 2. The number of nitrogens with one attached hydrogen (secondary N) is 1. The van der Waals surface area contributed by atoms with Gasteiger partial charge in [0.2, 0.25) is 0 Å². The van der Waals surface area contributed by atoms with Crippen LogP contribution >= 0.6 is 0 Å². The normalized spacial score (nSPS) is 33.8. The number of aliphatic carboxylic acids is 1. The molecule has 0 aromatic carbocycles. The Hall–Kier alpha value is -1.26. The van der Waals surface area contributed by atoms with Crippen molar-refractivity contribution in [2.45, 2.75) is 58.1 Å². The lowest BCUT2D eigenvalue weighted by molar-refractivity contribution is -0.143. The van der Waals surface area contributed by atoms with Crippen molar-refractivity contribution in [2.24, 2.45) is 17.8 Å². The first-order valence-corrected chi connectivity index (χ1v) is 6.98. The summed E-state index contributed by atoms with van der Waals surface area (Å²) in [7, 11) is 0. The van der Waals surface area contributed by atoms with Crippen molar-refractivity contribution < 1.29 is 19.4 Å². The van der Waals surface area contributed by atoms with Gasteiger partial charge >= 0.3 is 12.1 Å². The van der Waals surface area contributed by atoms with Crippen LogP contribution in [0.4, 0.5) is 4.79 Å². The monoisotopic (exact) mass is 269 g/mol. The number of carboxylic acids is 1. The maximum atomic E-state index is 11.8. The number of carbonyl (C=O) groups is 2. The maximum absolute atomic E-state index is 11.8. The van der Waals surface area contributed by atoms with E-state index in [9.17, 15) is 9.59 Å². The summed E-state index contributed by atoms with van der Waals surface area (Å²) in [6.45, 7) is 5.51. The summed E-state index contributed by atoms with van der Waals surface area (Å²) in [5.74, 6) is -0.374. The molecule has 5 nitrogen and oxygen atoms in total. The third-order valence-corrected chi connectivity index (χ3v) is 4.13. The van der Waals surface area contributed by atoms with E-state index in [0.717, 1.165) is 12.8 Å². The Morgan fingerprint density at radius 2 is 1.68 bits per heavy atom. The minimum absolute atomic E-state index is 0.0884. The summed E-state index contributed by atoms with van der Waals surface area (Å²) in [5.41, 5.74) is -0.499.